The van der Waals surface area contributed by atoms with Gasteiger partial charge in [0, 0.05) is 24.5 Å². The Hall–Kier alpha value is -0.120. The highest BCUT2D eigenvalue weighted by atomic mass is 16.5. The highest BCUT2D eigenvalue weighted by molar-refractivity contribution is 5.05. The molecule has 0 aromatic carbocycles. The topological polar surface area (TPSA) is 24.5 Å². The average Bonchev–Trinajstić information content (AvgIpc) is 2.42. The van der Waals surface area contributed by atoms with Gasteiger partial charge in [-0.15, -0.1) is 0 Å². The van der Waals surface area contributed by atoms with Crippen LogP contribution in [0.5, 0.6) is 0 Å². The molecule has 0 bridgehead atoms. The molecule has 0 aromatic rings. The molecule has 1 aliphatic heterocycles. The first kappa shape index (κ1) is 16.9. The molecule has 1 N–H and O–H groups in total. The first-order valence-electron chi connectivity index (χ1n) is 7.77. The molecule has 114 valence electrons. The van der Waals surface area contributed by atoms with Crippen molar-refractivity contribution in [3.05, 3.63) is 0 Å². The molecule has 1 fully saturated rings. The van der Waals surface area contributed by atoms with Gasteiger partial charge in [-0.2, -0.15) is 0 Å². The van der Waals surface area contributed by atoms with E-state index in [0.29, 0.717) is 18.0 Å². The van der Waals surface area contributed by atoms with Crippen molar-refractivity contribution >= 4 is 0 Å². The van der Waals surface area contributed by atoms with Crippen molar-refractivity contribution in [2.75, 3.05) is 20.1 Å². The van der Waals surface area contributed by atoms with Crippen molar-refractivity contribution in [2.45, 2.75) is 78.2 Å². The molecule has 2 unspecified atom stereocenters. The number of hydrogen-bond acceptors (Lipinski definition) is 3. The molecule has 0 saturated carbocycles. The Labute approximate surface area is 120 Å². The predicted molar refractivity (Wildman–Crippen MR) is 82.6 cm³/mol. The maximum atomic E-state index is 6.32. The summed E-state index contributed by atoms with van der Waals surface area (Å²) in [4.78, 5) is 2.58. The van der Waals surface area contributed by atoms with E-state index < -0.39 is 0 Å². The van der Waals surface area contributed by atoms with Crippen LogP contribution in [-0.2, 0) is 4.74 Å². The summed E-state index contributed by atoms with van der Waals surface area (Å²) in [5, 5.41) is 3.49. The molecule has 0 aromatic heterocycles. The summed E-state index contributed by atoms with van der Waals surface area (Å²) in [5.41, 5.74) is -0.171. The predicted octanol–water partition coefficient (Wildman–Crippen LogP) is 2.90. The summed E-state index contributed by atoms with van der Waals surface area (Å²) in [6.45, 7) is 18.0. The van der Waals surface area contributed by atoms with Crippen LogP contribution in [0.4, 0.5) is 0 Å². The lowest BCUT2D eigenvalue weighted by atomic mass is 9.82. The minimum Gasteiger partial charge on any atom is -0.368 e. The van der Waals surface area contributed by atoms with Gasteiger partial charge in [-0.25, -0.2) is 0 Å². The lowest BCUT2D eigenvalue weighted by Crippen LogP contribution is -2.50. The third-order valence-corrected chi connectivity index (χ3v) is 4.55. The first-order chi connectivity index (χ1) is 8.65. The Morgan fingerprint density at radius 3 is 2.16 bits per heavy atom. The molecule has 19 heavy (non-hydrogen) atoms. The molecule has 0 radical (unpaired) electrons. The second-order valence-corrected chi connectivity index (χ2v) is 7.27. The van der Waals surface area contributed by atoms with Gasteiger partial charge in [0.1, 0.15) is 0 Å². The number of nitrogens with one attached hydrogen (secondary N) is 1. The SMILES string of the molecule is CCCN(CC1C(NC)C(C)(C)OC1(C)C)C(C)C. The summed E-state index contributed by atoms with van der Waals surface area (Å²) >= 11 is 0. The third-order valence-electron chi connectivity index (χ3n) is 4.55. The smallest absolute Gasteiger partial charge is 0.0790 e. The van der Waals surface area contributed by atoms with E-state index in [1.54, 1.807) is 0 Å². The molecule has 3 heteroatoms. The van der Waals surface area contributed by atoms with Crippen LogP contribution in [0.2, 0.25) is 0 Å². The van der Waals surface area contributed by atoms with Crippen molar-refractivity contribution in [1.29, 1.82) is 0 Å². The van der Waals surface area contributed by atoms with Gasteiger partial charge in [0.05, 0.1) is 11.2 Å². The molecule has 1 heterocycles. The van der Waals surface area contributed by atoms with Gasteiger partial charge < -0.3 is 15.0 Å². The fourth-order valence-electron chi connectivity index (χ4n) is 3.68. The summed E-state index contributed by atoms with van der Waals surface area (Å²) in [6.07, 6.45) is 1.21. The Morgan fingerprint density at radius 2 is 1.74 bits per heavy atom. The molecule has 1 saturated heterocycles. The van der Waals surface area contributed by atoms with Crippen LogP contribution in [0.15, 0.2) is 0 Å². The van der Waals surface area contributed by atoms with Gasteiger partial charge in [-0.05, 0) is 61.6 Å². The molecule has 1 rings (SSSR count). The van der Waals surface area contributed by atoms with Crippen molar-refractivity contribution in [3.8, 4) is 0 Å². The van der Waals surface area contributed by atoms with E-state index in [9.17, 15) is 0 Å². The van der Waals surface area contributed by atoms with Crippen LogP contribution < -0.4 is 5.32 Å². The quantitative estimate of drug-likeness (QED) is 0.803. The highest BCUT2D eigenvalue weighted by Crippen LogP contribution is 2.42. The zero-order valence-electron chi connectivity index (χ0n) is 14.2. The molecular weight excluding hydrogens is 236 g/mol. The van der Waals surface area contributed by atoms with Crippen LogP contribution >= 0.6 is 0 Å². The van der Waals surface area contributed by atoms with Crippen molar-refractivity contribution in [3.63, 3.8) is 0 Å². The summed E-state index contributed by atoms with van der Waals surface area (Å²) < 4.78 is 6.32. The highest BCUT2D eigenvalue weighted by Gasteiger charge is 2.53. The zero-order valence-corrected chi connectivity index (χ0v) is 14.2. The molecule has 2 atom stereocenters. The van der Waals surface area contributed by atoms with Crippen LogP contribution in [0, 0.1) is 5.92 Å². The van der Waals surface area contributed by atoms with Crippen LogP contribution in [0.1, 0.15) is 54.9 Å². The second-order valence-electron chi connectivity index (χ2n) is 7.27. The summed E-state index contributed by atoms with van der Waals surface area (Å²) in [5.74, 6) is 0.515. The minimum atomic E-state index is -0.0994. The normalized spacial score (nSPS) is 29.4. The van der Waals surface area contributed by atoms with Gasteiger partial charge in [0.25, 0.3) is 0 Å². The third kappa shape index (κ3) is 3.71. The molecule has 0 spiro atoms. The van der Waals surface area contributed by atoms with Crippen molar-refractivity contribution in [2.24, 2.45) is 5.92 Å². The number of likely N-dealkylation sites (N-methyl/N-ethyl adjacent to an activating group) is 1. The fourth-order valence-corrected chi connectivity index (χ4v) is 3.68. The van der Waals surface area contributed by atoms with Gasteiger partial charge in [-0.1, -0.05) is 6.92 Å². The Morgan fingerprint density at radius 1 is 1.16 bits per heavy atom. The van der Waals surface area contributed by atoms with E-state index in [1.165, 1.54) is 13.0 Å². The standard InChI is InChI=1S/C16H34N2O/c1-9-10-18(12(2)3)11-13-14(17-8)16(6,7)19-15(13,4)5/h12-14,17H,9-11H2,1-8H3. The molecule has 1 aliphatic rings. The summed E-state index contributed by atoms with van der Waals surface area (Å²) in [6, 6.07) is 0.998. The van der Waals surface area contributed by atoms with E-state index in [-0.39, 0.29) is 11.2 Å². The number of rotatable bonds is 6. The maximum absolute atomic E-state index is 6.32. The Balaban J connectivity index is 2.89. The second kappa shape index (κ2) is 6.11. The maximum Gasteiger partial charge on any atom is 0.0790 e. The molecule has 3 nitrogen and oxygen atoms in total. The van der Waals surface area contributed by atoms with Crippen LogP contribution in [-0.4, -0.2) is 48.3 Å². The fraction of sp³-hybridized carbons (Fsp3) is 1.00. The Bertz CT molecular complexity index is 286. The van der Waals surface area contributed by atoms with E-state index in [0.717, 1.165) is 6.54 Å². The number of ether oxygens (including phenoxy) is 1. The number of hydrogen-bond donors (Lipinski definition) is 1. The van der Waals surface area contributed by atoms with Crippen LogP contribution in [0.3, 0.4) is 0 Å². The molecular formula is C16H34N2O. The lowest BCUT2D eigenvalue weighted by molar-refractivity contribution is -0.0798. The number of nitrogens with zero attached hydrogens (tertiary/aromatic N) is 1. The first-order valence-corrected chi connectivity index (χ1v) is 7.77. The zero-order chi connectivity index (χ0) is 14.8. The van der Waals surface area contributed by atoms with Crippen molar-refractivity contribution < 1.29 is 4.74 Å². The largest absolute Gasteiger partial charge is 0.368 e. The van der Waals surface area contributed by atoms with E-state index in [2.05, 4.69) is 65.7 Å². The van der Waals surface area contributed by atoms with E-state index >= 15 is 0 Å². The Kier molecular flexibility index (Phi) is 5.44. The van der Waals surface area contributed by atoms with Crippen molar-refractivity contribution in [1.82, 2.24) is 10.2 Å². The van der Waals surface area contributed by atoms with Gasteiger partial charge >= 0.3 is 0 Å². The summed E-state index contributed by atoms with van der Waals surface area (Å²) in [7, 11) is 2.06. The van der Waals surface area contributed by atoms with E-state index in [4.69, 9.17) is 4.74 Å². The molecule has 0 amide bonds. The monoisotopic (exact) mass is 270 g/mol. The van der Waals surface area contributed by atoms with Gasteiger partial charge in [-0.3, -0.25) is 0 Å². The average molecular weight is 270 g/mol. The van der Waals surface area contributed by atoms with Gasteiger partial charge in [0.2, 0.25) is 0 Å². The minimum absolute atomic E-state index is 0.0714. The molecule has 0 aliphatic carbocycles. The lowest BCUT2D eigenvalue weighted by Gasteiger charge is -2.36. The van der Waals surface area contributed by atoms with Crippen LogP contribution in [0.25, 0.3) is 0 Å². The van der Waals surface area contributed by atoms with E-state index in [1.807, 2.05) is 0 Å². The van der Waals surface area contributed by atoms with Gasteiger partial charge in [0.15, 0.2) is 0 Å².